The molecule has 0 bridgehead atoms. The number of nitrogens with two attached hydrogens (primary N) is 2. The maximum absolute atomic E-state index is 12.1. The number of likely N-dealkylation sites (tertiary alicyclic amines) is 1. The fraction of sp³-hybridized carbons (Fsp3) is 0.438. The number of carbonyl (C=O) groups is 2. The van der Waals surface area contributed by atoms with E-state index in [-0.39, 0.29) is 11.9 Å². The molecule has 1 aliphatic rings. The molecule has 2 aromatic heterocycles. The quantitative estimate of drug-likeness (QED) is 0.688. The van der Waals surface area contributed by atoms with E-state index in [4.69, 9.17) is 11.5 Å². The molecule has 0 unspecified atom stereocenters. The monoisotopic (exact) mass is 331 g/mol. The summed E-state index contributed by atoms with van der Waals surface area (Å²) >= 11 is 0. The predicted molar refractivity (Wildman–Crippen MR) is 88.2 cm³/mol. The molecule has 0 aromatic carbocycles. The van der Waals surface area contributed by atoms with E-state index in [2.05, 4.69) is 4.98 Å². The molecule has 2 aromatic rings. The molecule has 3 rings (SSSR count). The highest BCUT2D eigenvalue weighted by Crippen LogP contribution is 2.27. The van der Waals surface area contributed by atoms with Gasteiger partial charge in [-0.25, -0.2) is 4.98 Å². The van der Waals surface area contributed by atoms with Crippen molar-refractivity contribution in [2.24, 2.45) is 11.5 Å². The van der Waals surface area contributed by atoms with E-state index in [1.807, 2.05) is 16.8 Å². The first-order chi connectivity index (χ1) is 11.5. The molecule has 3 heterocycles. The first kappa shape index (κ1) is 16.4. The molecule has 2 atom stereocenters. The van der Waals surface area contributed by atoms with E-state index >= 15 is 0 Å². The van der Waals surface area contributed by atoms with E-state index < -0.39 is 12.0 Å². The highest BCUT2D eigenvalue weighted by molar-refractivity contribution is 5.95. The highest BCUT2D eigenvalue weighted by Gasteiger charge is 2.35. The second kappa shape index (κ2) is 6.58. The van der Waals surface area contributed by atoms with Crippen molar-refractivity contribution >= 4 is 22.8 Å². The number of pyridine rings is 1. The number of rotatable bonds is 5. The molecule has 8 nitrogen and oxygen atoms in total. The van der Waals surface area contributed by atoms with Crippen molar-refractivity contribution in [3.05, 3.63) is 30.1 Å². The number of aromatic nitrogens is 2. The van der Waals surface area contributed by atoms with Crippen LogP contribution in [0, 0.1) is 0 Å². The Morgan fingerprint density at radius 2 is 2.17 bits per heavy atom. The first-order valence-electron chi connectivity index (χ1n) is 7.93. The summed E-state index contributed by atoms with van der Waals surface area (Å²) in [4.78, 5) is 29.3. The number of fused-ring (bicyclic) bond motifs is 1. The van der Waals surface area contributed by atoms with Gasteiger partial charge in [0, 0.05) is 37.3 Å². The van der Waals surface area contributed by atoms with Crippen LogP contribution in [-0.4, -0.2) is 57.1 Å². The van der Waals surface area contributed by atoms with Crippen LogP contribution in [0.3, 0.4) is 0 Å². The summed E-state index contributed by atoms with van der Waals surface area (Å²) in [5.41, 5.74) is 11.7. The molecule has 2 amide bonds. The smallest absolute Gasteiger partial charge is 0.250 e. The van der Waals surface area contributed by atoms with Crippen LogP contribution in [-0.2, 0) is 4.79 Å². The Kier molecular flexibility index (Phi) is 4.50. The number of nitrogens with zero attached hydrogens (tertiary/aromatic N) is 3. The Morgan fingerprint density at radius 1 is 1.38 bits per heavy atom. The summed E-state index contributed by atoms with van der Waals surface area (Å²) in [6.07, 6.45) is 3.60. The summed E-state index contributed by atoms with van der Waals surface area (Å²) in [6.45, 7) is 1.20. The van der Waals surface area contributed by atoms with Crippen LogP contribution in [0.25, 0.3) is 11.0 Å². The van der Waals surface area contributed by atoms with Gasteiger partial charge in [-0.2, -0.15) is 0 Å². The lowest BCUT2D eigenvalue weighted by molar-refractivity contribution is -0.130. The molecule has 0 aliphatic carbocycles. The minimum Gasteiger partial charge on any atom is -0.389 e. The van der Waals surface area contributed by atoms with Gasteiger partial charge in [0.1, 0.15) is 5.65 Å². The van der Waals surface area contributed by atoms with Crippen molar-refractivity contribution in [1.29, 1.82) is 0 Å². The largest absolute Gasteiger partial charge is 0.389 e. The van der Waals surface area contributed by atoms with Crippen LogP contribution in [0.15, 0.2) is 24.5 Å². The van der Waals surface area contributed by atoms with Crippen LogP contribution in [0.1, 0.15) is 29.2 Å². The molecular weight excluding hydrogens is 310 g/mol. The zero-order valence-corrected chi connectivity index (χ0v) is 13.3. The average molecular weight is 331 g/mol. The summed E-state index contributed by atoms with van der Waals surface area (Å²) in [7, 11) is 0. The summed E-state index contributed by atoms with van der Waals surface area (Å²) in [6, 6.07) is 3.23. The predicted octanol–water partition coefficient (Wildman–Crippen LogP) is -0.382. The van der Waals surface area contributed by atoms with E-state index in [0.717, 1.165) is 5.39 Å². The molecule has 8 heteroatoms. The second-order valence-corrected chi connectivity index (χ2v) is 6.05. The molecule has 0 saturated carbocycles. The Hall–Kier alpha value is -2.45. The lowest BCUT2D eigenvalue weighted by Crippen LogP contribution is -2.29. The zero-order chi connectivity index (χ0) is 17.3. The van der Waals surface area contributed by atoms with E-state index in [1.54, 1.807) is 11.0 Å². The summed E-state index contributed by atoms with van der Waals surface area (Å²) < 4.78 is 1.85. The maximum Gasteiger partial charge on any atom is 0.250 e. The molecular formula is C16H21N5O3. The van der Waals surface area contributed by atoms with Crippen LogP contribution in [0.4, 0.5) is 0 Å². The van der Waals surface area contributed by atoms with Gasteiger partial charge in [0.15, 0.2) is 0 Å². The number of amides is 2. The van der Waals surface area contributed by atoms with Crippen LogP contribution in [0.5, 0.6) is 0 Å². The topological polar surface area (TPSA) is 127 Å². The molecule has 5 N–H and O–H groups in total. The maximum atomic E-state index is 12.1. The third-order valence-electron chi connectivity index (χ3n) is 4.40. The van der Waals surface area contributed by atoms with Gasteiger partial charge in [-0.15, -0.1) is 0 Å². The molecule has 1 aliphatic heterocycles. The second-order valence-electron chi connectivity index (χ2n) is 6.05. The van der Waals surface area contributed by atoms with Crippen molar-refractivity contribution in [2.45, 2.75) is 25.0 Å². The van der Waals surface area contributed by atoms with Gasteiger partial charge >= 0.3 is 0 Å². The van der Waals surface area contributed by atoms with Crippen molar-refractivity contribution in [3.8, 4) is 0 Å². The van der Waals surface area contributed by atoms with Crippen LogP contribution in [0.2, 0.25) is 0 Å². The molecule has 0 radical (unpaired) electrons. The van der Waals surface area contributed by atoms with E-state index in [0.29, 0.717) is 43.7 Å². The Labute approximate surface area is 139 Å². The third-order valence-corrected chi connectivity index (χ3v) is 4.40. The number of hydrogen-bond acceptors (Lipinski definition) is 5. The molecule has 24 heavy (non-hydrogen) atoms. The van der Waals surface area contributed by atoms with Gasteiger partial charge in [0.25, 0.3) is 0 Å². The zero-order valence-electron chi connectivity index (χ0n) is 13.3. The fourth-order valence-electron chi connectivity index (χ4n) is 3.10. The summed E-state index contributed by atoms with van der Waals surface area (Å²) in [5, 5.41) is 11.1. The Bertz CT molecular complexity index is 772. The lowest BCUT2D eigenvalue weighted by Gasteiger charge is -2.17. The number of β-amino-alcohol motifs (C(OH)–C–C–N with tert-alkyl or cyclic N) is 1. The average Bonchev–Trinajstić information content (AvgIpc) is 3.15. The molecule has 0 spiro atoms. The number of aliphatic hydroxyl groups is 1. The minimum absolute atomic E-state index is 0.00226. The van der Waals surface area contributed by atoms with E-state index in [9.17, 15) is 14.7 Å². The normalized spacial score (nSPS) is 20.7. The SMILES string of the molecule is NCCCC(=O)N1C[C@@H](O)[C@H](n2ccc3cc(C(N)=O)cnc32)C1. The van der Waals surface area contributed by atoms with Crippen molar-refractivity contribution in [2.75, 3.05) is 19.6 Å². The van der Waals surface area contributed by atoms with Gasteiger partial charge < -0.3 is 26.0 Å². The van der Waals surface area contributed by atoms with Crippen LogP contribution < -0.4 is 11.5 Å². The van der Waals surface area contributed by atoms with Gasteiger partial charge in [0.2, 0.25) is 11.8 Å². The fourth-order valence-corrected chi connectivity index (χ4v) is 3.10. The van der Waals surface area contributed by atoms with Crippen molar-refractivity contribution in [1.82, 2.24) is 14.5 Å². The van der Waals surface area contributed by atoms with Crippen molar-refractivity contribution in [3.63, 3.8) is 0 Å². The third kappa shape index (κ3) is 2.98. The Morgan fingerprint density at radius 3 is 2.88 bits per heavy atom. The van der Waals surface area contributed by atoms with Crippen LogP contribution >= 0.6 is 0 Å². The lowest BCUT2D eigenvalue weighted by atomic mass is 10.2. The molecule has 1 fully saturated rings. The molecule has 128 valence electrons. The molecule has 1 saturated heterocycles. The van der Waals surface area contributed by atoms with E-state index in [1.165, 1.54) is 6.20 Å². The number of carbonyl (C=O) groups excluding carboxylic acids is 2. The summed E-state index contributed by atoms with van der Waals surface area (Å²) in [5.74, 6) is -0.530. The van der Waals surface area contributed by atoms with Gasteiger partial charge in [-0.05, 0) is 25.1 Å². The Balaban J connectivity index is 1.83. The first-order valence-corrected chi connectivity index (χ1v) is 7.93. The number of primary amides is 1. The van der Waals surface area contributed by atoms with Gasteiger partial charge in [-0.1, -0.05) is 0 Å². The van der Waals surface area contributed by atoms with Gasteiger partial charge in [-0.3, -0.25) is 9.59 Å². The number of hydrogen-bond donors (Lipinski definition) is 3. The highest BCUT2D eigenvalue weighted by atomic mass is 16.3. The van der Waals surface area contributed by atoms with Crippen molar-refractivity contribution < 1.29 is 14.7 Å². The standard InChI is InChI=1S/C16H21N5O3/c17-4-1-2-14(23)20-8-12(13(22)9-20)21-5-3-10-6-11(15(18)24)7-19-16(10)21/h3,5-7,12-13,22H,1-2,4,8-9,17H2,(H2,18,24)/t12-,13-/m1/s1. The number of aliphatic hydroxyl groups excluding tert-OH is 1. The van der Waals surface area contributed by atoms with Gasteiger partial charge in [0.05, 0.1) is 17.7 Å². The minimum atomic E-state index is -0.667.